The molecule has 0 aliphatic heterocycles. The molecule has 0 aromatic heterocycles. The van der Waals surface area contributed by atoms with Crippen LogP contribution >= 0.6 is 11.6 Å². The minimum atomic E-state index is -0.506. The van der Waals surface area contributed by atoms with E-state index in [1.54, 1.807) is 13.0 Å². The summed E-state index contributed by atoms with van der Waals surface area (Å²) in [4.78, 5) is 2.06. The molecule has 0 aliphatic rings. The van der Waals surface area contributed by atoms with E-state index < -0.39 is 6.10 Å². The molecule has 0 radical (unpaired) electrons. The molecule has 1 aromatic carbocycles. The van der Waals surface area contributed by atoms with Crippen molar-refractivity contribution in [3.05, 3.63) is 54.1 Å². The zero-order chi connectivity index (χ0) is 12.8. The van der Waals surface area contributed by atoms with Crippen molar-refractivity contribution in [2.24, 2.45) is 0 Å². The third kappa shape index (κ3) is 3.62. The Kier molecular flexibility index (Phi) is 5.26. The van der Waals surface area contributed by atoms with Crippen LogP contribution in [0, 0.1) is 0 Å². The van der Waals surface area contributed by atoms with Gasteiger partial charge >= 0.3 is 0 Å². The molecule has 3 heteroatoms. The smallest absolute Gasteiger partial charge is 0.0762 e. The fraction of sp³-hybridized carbons (Fsp3) is 0.286. The highest BCUT2D eigenvalue weighted by Crippen LogP contribution is 2.29. The average molecular weight is 252 g/mol. The van der Waals surface area contributed by atoms with Gasteiger partial charge in [0, 0.05) is 13.1 Å². The molecule has 0 spiro atoms. The second-order valence-corrected chi connectivity index (χ2v) is 4.28. The summed E-state index contributed by atoms with van der Waals surface area (Å²) >= 11 is 6.22. The molecule has 1 N–H and O–H groups in total. The van der Waals surface area contributed by atoms with Gasteiger partial charge in [-0.25, -0.2) is 0 Å². The lowest BCUT2D eigenvalue weighted by Gasteiger charge is -2.23. The van der Waals surface area contributed by atoms with Crippen molar-refractivity contribution in [2.75, 3.05) is 18.0 Å². The van der Waals surface area contributed by atoms with E-state index in [9.17, 15) is 5.11 Å². The van der Waals surface area contributed by atoms with Crippen molar-refractivity contribution in [2.45, 2.75) is 13.0 Å². The summed E-state index contributed by atoms with van der Waals surface area (Å²) in [5.74, 6) is 0. The molecule has 1 atom stereocenters. The monoisotopic (exact) mass is 251 g/mol. The molecule has 17 heavy (non-hydrogen) atoms. The number of halogens is 1. The van der Waals surface area contributed by atoms with E-state index in [0.717, 1.165) is 11.3 Å². The Labute approximate surface area is 108 Å². The average Bonchev–Trinajstić information content (AvgIpc) is 2.28. The van der Waals surface area contributed by atoms with Crippen molar-refractivity contribution in [3.63, 3.8) is 0 Å². The summed E-state index contributed by atoms with van der Waals surface area (Å²) in [6.07, 6.45) is 3.14. The predicted octanol–water partition coefficient (Wildman–Crippen LogP) is 3.57. The summed E-state index contributed by atoms with van der Waals surface area (Å²) < 4.78 is 0. The van der Waals surface area contributed by atoms with E-state index in [0.29, 0.717) is 18.1 Å². The van der Waals surface area contributed by atoms with E-state index in [1.165, 1.54) is 0 Å². The van der Waals surface area contributed by atoms with Crippen LogP contribution in [0.2, 0.25) is 5.02 Å². The van der Waals surface area contributed by atoms with Crippen LogP contribution in [0.5, 0.6) is 0 Å². The number of hydrogen-bond acceptors (Lipinski definition) is 2. The normalized spacial score (nSPS) is 11.9. The quantitative estimate of drug-likeness (QED) is 0.782. The summed E-state index contributed by atoms with van der Waals surface area (Å²) in [7, 11) is 0. The second-order valence-electron chi connectivity index (χ2n) is 3.87. The predicted molar refractivity (Wildman–Crippen MR) is 74.7 cm³/mol. The van der Waals surface area contributed by atoms with Crippen molar-refractivity contribution in [3.8, 4) is 0 Å². The maximum Gasteiger partial charge on any atom is 0.0762 e. The molecule has 0 bridgehead atoms. The van der Waals surface area contributed by atoms with Gasteiger partial charge in [0.2, 0.25) is 0 Å². The molecule has 2 nitrogen and oxygen atoms in total. The van der Waals surface area contributed by atoms with Gasteiger partial charge in [0.1, 0.15) is 0 Å². The Bertz CT molecular complexity index is 391. The first-order chi connectivity index (χ1) is 8.10. The second kappa shape index (κ2) is 6.48. The summed E-state index contributed by atoms with van der Waals surface area (Å²) in [5.41, 5.74) is 1.74. The topological polar surface area (TPSA) is 23.5 Å². The lowest BCUT2D eigenvalue weighted by atomic mass is 10.1. The number of rotatable bonds is 6. The molecule has 0 amide bonds. The number of nitrogens with zero attached hydrogens (tertiary/aromatic N) is 1. The lowest BCUT2D eigenvalue weighted by Crippen LogP contribution is -2.23. The maximum absolute atomic E-state index is 9.48. The zero-order valence-electron chi connectivity index (χ0n) is 10.1. The highest BCUT2D eigenvalue weighted by molar-refractivity contribution is 6.33. The fourth-order valence-corrected chi connectivity index (χ4v) is 1.93. The molecular weight excluding hydrogens is 234 g/mol. The maximum atomic E-state index is 9.48. The van der Waals surface area contributed by atoms with E-state index in [4.69, 9.17) is 11.6 Å². The minimum Gasteiger partial charge on any atom is -0.389 e. The van der Waals surface area contributed by atoms with Crippen molar-refractivity contribution < 1.29 is 5.11 Å². The first-order valence-corrected chi connectivity index (χ1v) is 5.92. The molecule has 0 unspecified atom stereocenters. The van der Waals surface area contributed by atoms with Crippen LogP contribution in [0.15, 0.2) is 43.5 Å². The Morgan fingerprint density at radius 1 is 1.35 bits per heavy atom. The standard InChI is InChI=1S/C14H18ClNO/c1-4-8-16(9-5-2)14-7-6-12(11(3)17)10-13(14)15/h4-7,10-11,17H,1-2,8-9H2,3H3/t11-/m0/s1. The van der Waals surface area contributed by atoms with Crippen molar-refractivity contribution in [1.29, 1.82) is 0 Å². The molecule has 0 saturated heterocycles. The largest absolute Gasteiger partial charge is 0.389 e. The SMILES string of the molecule is C=CCN(CC=C)c1ccc([C@H](C)O)cc1Cl. The van der Waals surface area contributed by atoms with Gasteiger partial charge in [-0.15, -0.1) is 13.2 Å². The first kappa shape index (κ1) is 13.8. The van der Waals surface area contributed by atoms with E-state index in [2.05, 4.69) is 18.1 Å². The van der Waals surface area contributed by atoms with Gasteiger partial charge in [-0.3, -0.25) is 0 Å². The number of aliphatic hydroxyl groups is 1. The number of benzene rings is 1. The van der Waals surface area contributed by atoms with Crippen LogP contribution in [-0.2, 0) is 0 Å². The third-order valence-electron chi connectivity index (χ3n) is 2.49. The van der Waals surface area contributed by atoms with Crippen LogP contribution in [0.25, 0.3) is 0 Å². The summed E-state index contributed by atoms with van der Waals surface area (Å²) in [6, 6.07) is 5.59. The van der Waals surface area contributed by atoms with Gasteiger partial charge in [0.15, 0.2) is 0 Å². The van der Waals surface area contributed by atoms with Crippen LogP contribution in [0.4, 0.5) is 5.69 Å². The molecule has 0 saturated carbocycles. The highest BCUT2D eigenvalue weighted by atomic mass is 35.5. The van der Waals surface area contributed by atoms with Gasteiger partial charge in [0.05, 0.1) is 16.8 Å². The molecule has 1 aromatic rings. The Balaban J connectivity index is 3.03. The molecule has 1 rings (SSSR count). The minimum absolute atomic E-state index is 0.506. The van der Waals surface area contributed by atoms with E-state index in [-0.39, 0.29) is 0 Å². The van der Waals surface area contributed by atoms with Crippen molar-refractivity contribution in [1.82, 2.24) is 0 Å². The van der Waals surface area contributed by atoms with Gasteiger partial charge in [-0.1, -0.05) is 29.8 Å². The Hall–Kier alpha value is -1.25. The number of hydrogen-bond donors (Lipinski definition) is 1. The number of anilines is 1. The van der Waals surface area contributed by atoms with Crippen molar-refractivity contribution >= 4 is 17.3 Å². The van der Waals surface area contributed by atoms with Crippen LogP contribution in [0.1, 0.15) is 18.6 Å². The molecular formula is C14H18ClNO. The Morgan fingerprint density at radius 3 is 2.35 bits per heavy atom. The van der Waals surface area contributed by atoms with Crippen LogP contribution in [0.3, 0.4) is 0 Å². The summed E-state index contributed by atoms with van der Waals surface area (Å²) in [5, 5.41) is 10.1. The highest BCUT2D eigenvalue weighted by Gasteiger charge is 2.10. The first-order valence-electron chi connectivity index (χ1n) is 5.54. The van der Waals surface area contributed by atoms with E-state index in [1.807, 2.05) is 24.3 Å². The third-order valence-corrected chi connectivity index (χ3v) is 2.80. The van der Waals surface area contributed by atoms with Gasteiger partial charge in [-0.2, -0.15) is 0 Å². The molecule has 0 heterocycles. The summed E-state index contributed by atoms with van der Waals surface area (Å²) in [6.45, 7) is 10.6. The van der Waals surface area contributed by atoms with Gasteiger partial charge in [0.25, 0.3) is 0 Å². The van der Waals surface area contributed by atoms with Gasteiger partial charge < -0.3 is 10.0 Å². The lowest BCUT2D eigenvalue weighted by molar-refractivity contribution is 0.199. The number of aliphatic hydroxyl groups excluding tert-OH is 1. The van der Waals surface area contributed by atoms with E-state index >= 15 is 0 Å². The molecule has 92 valence electrons. The molecule has 0 fully saturated rings. The molecule has 0 aliphatic carbocycles. The fourth-order valence-electron chi connectivity index (χ4n) is 1.62. The van der Waals surface area contributed by atoms with Crippen LogP contribution in [-0.4, -0.2) is 18.2 Å². The van der Waals surface area contributed by atoms with Gasteiger partial charge in [-0.05, 0) is 24.6 Å². The zero-order valence-corrected chi connectivity index (χ0v) is 10.8. The Morgan fingerprint density at radius 2 is 1.94 bits per heavy atom. The van der Waals surface area contributed by atoms with Crippen LogP contribution < -0.4 is 4.90 Å².